The van der Waals surface area contributed by atoms with E-state index in [9.17, 15) is 4.79 Å². The standard InChI is InChI=1S/C28H32N2O3S/c1-3-5-16-33-25-14-10-20(17-26(25)32-4-2)11-15-27(31)30-28-29-24(19-34-28)23-13-12-21-8-6-7-9-22(21)18-23/h10-15,17-19H,3-9,16H2,1-2H3,(H,29,30,31)/b15-11+. The van der Waals surface area contributed by atoms with Crippen molar-refractivity contribution >= 4 is 28.5 Å². The van der Waals surface area contributed by atoms with E-state index < -0.39 is 0 Å². The van der Waals surface area contributed by atoms with Gasteiger partial charge in [0, 0.05) is 17.0 Å². The number of carbonyl (C=O) groups excluding carboxylic acids is 1. The average molecular weight is 477 g/mol. The van der Waals surface area contributed by atoms with Gasteiger partial charge < -0.3 is 9.47 Å². The zero-order chi connectivity index (χ0) is 23.8. The number of hydrogen-bond donors (Lipinski definition) is 1. The van der Waals surface area contributed by atoms with Crippen LogP contribution in [-0.4, -0.2) is 24.1 Å². The maximum atomic E-state index is 12.5. The number of ether oxygens (including phenoxy) is 2. The molecule has 1 aliphatic carbocycles. The van der Waals surface area contributed by atoms with E-state index >= 15 is 0 Å². The molecule has 6 heteroatoms. The molecule has 0 aliphatic heterocycles. The quantitative estimate of drug-likeness (QED) is 0.255. The number of nitrogens with zero attached hydrogens (tertiary/aromatic N) is 1. The molecule has 1 aliphatic rings. The summed E-state index contributed by atoms with van der Waals surface area (Å²) in [6, 6.07) is 12.3. The van der Waals surface area contributed by atoms with Crippen molar-refractivity contribution in [1.29, 1.82) is 0 Å². The number of benzene rings is 2. The predicted octanol–water partition coefficient (Wildman–Crippen LogP) is 6.92. The monoisotopic (exact) mass is 476 g/mol. The minimum Gasteiger partial charge on any atom is -0.490 e. The van der Waals surface area contributed by atoms with Gasteiger partial charge in [-0.15, -0.1) is 11.3 Å². The first-order valence-electron chi connectivity index (χ1n) is 12.1. The highest BCUT2D eigenvalue weighted by atomic mass is 32.1. The van der Waals surface area contributed by atoms with Crippen LogP contribution in [0.4, 0.5) is 5.13 Å². The van der Waals surface area contributed by atoms with Crippen LogP contribution in [0.25, 0.3) is 17.3 Å². The highest BCUT2D eigenvalue weighted by molar-refractivity contribution is 7.14. The molecule has 0 radical (unpaired) electrons. The van der Waals surface area contributed by atoms with E-state index in [0.717, 1.165) is 41.8 Å². The van der Waals surface area contributed by atoms with Gasteiger partial charge in [-0.1, -0.05) is 31.5 Å². The van der Waals surface area contributed by atoms with Gasteiger partial charge in [0.05, 0.1) is 18.9 Å². The van der Waals surface area contributed by atoms with Crippen molar-refractivity contribution in [2.45, 2.75) is 52.4 Å². The van der Waals surface area contributed by atoms with E-state index in [1.54, 1.807) is 6.08 Å². The maximum absolute atomic E-state index is 12.5. The van der Waals surface area contributed by atoms with Crippen molar-refractivity contribution in [2.24, 2.45) is 0 Å². The van der Waals surface area contributed by atoms with Gasteiger partial charge in [0.25, 0.3) is 0 Å². The predicted molar refractivity (Wildman–Crippen MR) is 140 cm³/mol. The fourth-order valence-electron chi connectivity index (χ4n) is 4.02. The van der Waals surface area contributed by atoms with Crippen LogP contribution < -0.4 is 14.8 Å². The zero-order valence-electron chi connectivity index (χ0n) is 19.9. The third-order valence-corrected chi connectivity index (χ3v) is 6.59. The Balaban J connectivity index is 1.38. The summed E-state index contributed by atoms with van der Waals surface area (Å²) in [4.78, 5) is 17.1. The molecule has 0 saturated carbocycles. The smallest absolute Gasteiger partial charge is 0.250 e. The van der Waals surface area contributed by atoms with Gasteiger partial charge in [-0.3, -0.25) is 10.1 Å². The number of thiazole rings is 1. The molecule has 0 spiro atoms. The Hall–Kier alpha value is -3.12. The van der Waals surface area contributed by atoms with Crippen LogP contribution in [0.3, 0.4) is 0 Å². The second-order valence-electron chi connectivity index (χ2n) is 8.39. The number of aromatic nitrogens is 1. The van der Waals surface area contributed by atoms with E-state index in [2.05, 4.69) is 35.4 Å². The van der Waals surface area contributed by atoms with Gasteiger partial charge in [0.15, 0.2) is 16.6 Å². The van der Waals surface area contributed by atoms with Gasteiger partial charge >= 0.3 is 0 Å². The number of rotatable bonds is 10. The lowest BCUT2D eigenvalue weighted by atomic mass is 9.90. The second kappa shape index (κ2) is 11.8. The largest absolute Gasteiger partial charge is 0.490 e. The molecular weight excluding hydrogens is 444 g/mol. The van der Waals surface area contributed by atoms with Crippen molar-refractivity contribution in [3.05, 3.63) is 64.5 Å². The van der Waals surface area contributed by atoms with Crippen molar-refractivity contribution in [3.63, 3.8) is 0 Å². The van der Waals surface area contributed by atoms with Crippen LogP contribution in [0.15, 0.2) is 47.9 Å². The summed E-state index contributed by atoms with van der Waals surface area (Å²) in [5, 5.41) is 5.47. The Morgan fingerprint density at radius 1 is 1.06 bits per heavy atom. The molecule has 178 valence electrons. The minimum absolute atomic E-state index is 0.215. The maximum Gasteiger partial charge on any atom is 0.250 e. The van der Waals surface area contributed by atoms with Crippen LogP contribution in [0.1, 0.15) is 56.2 Å². The van der Waals surface area contributed by atoms with Gasteiger partial charge in [-0.25, -0.2) is 4.98 Å². The number of hydrogen-bond acceptors (Lipinski definition) is 5. The summed E-state index contributed by atoms with van der Waals surface area (Å²) >= 11 is 1.44. The molecule has 0 saturated heterocycles. The lowest BCUT2D eigenvalue weighted by Gasteiger charge is -2.16. The van der Waals surface area contributed by atoms with Crippen molar-refractivity contribution in [3.8, 4) is 22.8 Å². The zero-order valence-corrected chi connectivity index (χ0v) is 20.7. The van der Waals surface area contributed by atoms with Gasteiger partial charge in [0.2, 0.25) is 5.91 Å². The first kappa shape index (κ1) is 24.0. The first-order valence-corrected chi connectivity index (χ1v) is 13.0. The van der Waals surface area contributed by atoms with Gasteiger partial charge in [-0.2, -0.15) is 0 Å². The number of carbonyl (C=O) groups is 1. The molecule has 5 nitrogen and oxygen atoms in total. The fourth-order valence-corrected chi connectivity index (χ4v) is 4.74. The topological polar surface area (TPSA) is 60.5 Å². The minimum atomic E-state index is -0.215. The summed E-state index contributed by atoms with van der Waals surface area (Å²) in [5.74, 6) is 1.21. The van der Waals surface area contributed by atoms with E-state index in [4.69, 9.17) is 9.47 Å². The molecule has 0 fully saturated rings. The molecule has 4 rings (SSSR count). The second-order valence-corrected chi connectivity index (χ2v) is 9.25. The van der Waals surface area contributed by atoms with Crippen LogP contribution in [0.2, 0.25) is 0 Å². The number of amides is 1. The SMILES string of the molecule is CCCCOc1ccc(/C=C/C(=O)Nc2nc(-c3ccc4c(c3)CCCC4)cs2)cc1OCC. The van der Waals surface area contributed by atoms with E-state index in [1.807, 2.05) is 30.5 Å². The van der Waals surface area contributed by atoms with E-state index in [1.165, 1.54) is 47.8 Å². The molecule has 0 atom stereocenters. The highest BCUT2D eigenvalue weighted by Crippen LogP contribution is 2.31. The van der Waals surface area contributed by atoms with Crippen LogP contribution >= 0.6 is 11.3 Å². The molecule has 1 aromatic heterocycles. The van der Waals surface area contributed by atoms with Crippen molar-refractivity contribution in [2.75, 3.05) is 18.5 Å². The Bertz CT molecular complexity index is 1150. The third kappa shape index (κ3) is 6.26. The molecular formula is C28H32N2O3S. The van der Waals surface area contributed by atoms with Crippen molar-refractivity contribution < 1.29 is 14.3 Å². The number of fused-ring (bicyclic) bond motifs is 1. The van der Waals surface area contributed by atoms with Gasteiger partial charge in [0.1, 0.15) is 0 Å². The average Bonchev–Trinajstić information content (AvgIpc) is 3.32. The molecule has 0 bridgehead atoms. The number of anilines is 1. The van der Waals surface area contributed by atoms with Crippen LogP contribution in [-0.2, 0) is 17.6 Å². The molecule has 1 amide bonds. The summed E-state index contributed by atoms with van der Waals surface area (Å²) in [6.45, 7) is 5.29. The molecule has 0 unspecified atom stereocenters. The number of aryl methyl sites for hydroxylation is 2. The van der Waals surface area contributed by atoms with Crippen LogP contribution in [0, 0.1) is 0 Å². The lowest BCUT2D eigenvalue weighted by molar-refractivity contribution is -0.111. The molecule has 2 aromatic carbocycles. The summed E-state index contributed by atoms with van der Waals surface area (Å²) in [6.07, 6.45) is 10.2. The molecule has 1 heterocycles. The van der Waals surface area contributed by atoms with E-state index in [0.29, 0.717) is 24.1 Å². The van der Waals surface area contributed by atoms with Gasteiger partial charge in [-0.05, 0) is 80.0 Å². The molecule has 34 heavy (non-hydrogen) atoms. The summed E-state index contributed by atoms with van der Waals surface area (Å²) in [5.41, 5.74) is 5.76. The summed E-state index contributed by atoms with van der Waals surface area (Å²) in [7, 11) is 0. The molecule has 3 aromatic rings. The summed E-state index contributed by atoms with van der Waals surface area (Å²) < 4.78 is 11.5. The number of nitrogens with one attached hydrogen (secondary N) is 1. The van der Waals surface area contributed by atoms with Crippen molar-refractivity contribution in [1.82, 2.24) is 4.98 Å². The Morgan fingerprint density at radius 3 is 2.74 bits per heavy atom. The first-order chi connectivity index (χ1) is 16.7. The van der Waals surface area contributed by atoms with E-state index in [-0.39, 0.29) is 5.91 Å². The third-order valence-electron chi connectivity index (χ3n) is 5.83. The fraction of sp³-hybridized carbons (Fsp3) is 0.357. The Labute approximate surface area is 205 Å². The highest BCUT2D eigenvalue weighted by Gasteiger charge is 2.12. The number of unbranched alkanes of at least 4 members (excludes halogenated alkanes) is 1. The normalized spacial score (nSPS) is 13.0. The molecule has 1 N–H and O–H groups in total. The Kier molecular flexibility index (Phi) is 8.36. The lowest BCUT2D eigenvalue weighted by Crippen LogP contribution is -2.07. The van der Waals surface area contributed by atoms with Crippen LogP contribution in [0.5, 0.6) is 11.5 Å². The Morgan fingerprint density at radius 2 is 1.91 bits per heavy atom.